The van der Waals surface area contributed by atoms with E-state index in [0.29, 0.717) is 41.9 Å². The van der Waals surface area contributed by atoms with Crippen molar-refractivity contribution in [3.63, 3.8) is 0 Å². The molecule has 0 unspecified atom stereocenters. The van der Waals surface area contributed by atoms with Gasteiger partial charge in [0.15, 0.2) is 11.6 Å². The Morgan fingerprint density at radius 1 is 0.618 bits per heavy atom. The van der Waals surface area contributed by atoms with Gasteiger partial charge in [-0.05, 0) is 60.1 Å². The number of ether oxygens (including phenoxy) is 1. The molecule has 0 fully saturated rings. The lowest BCUT2D eigenvalue weighted by Crippen LogP contribution is -1.98. The lowest BCUT2D eigenvalue weighted by Gasteiger charge is -2.11. The van der Waals surface area contributed by atoms with E-state index in [0.717, 1.165) is 17.5 Å². The molecule has 0 atom stereocenters. The van der Waals surface area contributed by atoms with Crippen LogP contribution in [0.2, 0.25) is 0 Å². The molecule has 0 saturated carbocycles. The Hall–Kier alpha value is -3.53. The van der Waals surface area contributed by atoms with E-state index in [4.69, 9.17) is 4.74 Å². The van der Waals surface area contributed by atoms with Gasteiger partial charge in [0.05, 0.1) is 6.61 Å². The summed E-state index contributed by atoms with van der Waals surface area (Å²) < 4.78 is 49.5. The molecule has 0 aromatic heterocycles. The summed E-state index contributed by atoms with van der Waals surface area (Å²) in [6, 6.07) is 22.9. The lowest BCUT2D eigenvalue weighted by atomic mass is 9.96. The molecule has 34 heavy (non-hydrogen) atoms. The van der Waals surface area contributed by atoms with Gasteiger partial charge >= 0.3 is 0 Å². The molecule has 0 N–H and O–H groups in total. The van der Waals surface area contributed by atoms with Gasteiger partial charge in [0.25, 0.3) is 0 Å². The Balaban J connectivity index is 1.48. The first-order chi connectivity index (χ1) is 16.5. The molecule has 0 aliphatic rings. The first-order valence-electron chi connectivity index (χ1n) is 11.6. The van der Waals surface area contributed by atoms with Gasteiger partial charge < -0.3 is 4.74 Å². The molecule has 4 aromatic carbocycles. The van der Waals surface area contributed by atoms with E-state index in [-0.39, 0.29) is 16.9 Å². The third kappa shape index (κ3) is 5.17. The van der Waals surface area contributed by atoms with Gasteiger partial charge in [-0.3, -0.25) is 0 Å². The number of halogens is 3. The van der Waals surface area contributed by atoms with Crippen LogP contribution in [-0.4, -0.2) is 6.61 Å². The summed E-state index contributed by atoms with van der Waals surface area (Å²) in [6.07, 6.45) is 2.06. The zero-order valence-corrected chi connectivity index (χ0v) is 19.4. The van der Waals surface area contributed by atoms with E-state index in [1.807, 2.05) is 50.2 Å². The molecular weight excluding hydrogens is 433 g/mol. The summed E-state index contributed by atoms with van der Waals surface area (Å²) in [5, 5.41) is 0. The minimum absolute atomic E-state index is 0.218. The molecular formula is C30H27F3O. The first kappa shape index (κ1) is 23.6. The maximum absolute atomic E-state index is 15.0. The van der Waals surface area contributed by atoms with E-state index in [9.17, 15) is 13.2 Å². The molecule has 4 aromatic rings. The van der Waals surface area contributed by atoms with Crippen molar-refractivity contribution < 1.29 is 17.9 Å². The fourth-order valence-corrected chi connectivity index (χ4v) is 4.03. The molecule has 0 heterocycles. The molecule has 174 valence electrons. The Kier molecular flexibility index (Phi) is 7.36. The van der Waals surface area contributed by atoms with Crippen LogP contribution in [0.4, 0.5) is 13.2 Å². The SMILES string of the molecule is CCOc1ccc(CCc2ccc(-c3ccc(-c4ccc(CC)cc4)c(F)c3F)cc2)c(F)c1. The highest BCUT2D eigenvalue weighted by molar-refractivity contribution is 5.72. The minimum Gasteiger partial charge on any atom is -0.494 e. The highest BCUT2D eigenvalue weighted by Crippen LogP contribution is 2.32. The number of hydrogen-bond acceptors (Lipinski definition) is 1. The molecule has 0 aliphatic carbocycles. The predicted octanol–water partition coefficient (Wildman–Crippen LogP) is 8.18. The van der Waals surface area contributed by atoms with Crippen LogP contribution in [0.15, 0.2) is 78.9 Å². The third-order valence-electron chi connectivity index (χ3n) is 6.04. The Bertz CT molecular complexity index is 1260. The van der Waals surface area contributed by atoms with Gasteiger partial charge in [0.1, 0.15) is 11.6 Å². The Morgan fingerprint density at radius 3 is 1.68 bits per heavy atom. The molecule has 0 aliphatic heterocycles. The van der Waals surface area contributed by atoms with Crippen LogP contribution in [0.5, 0.6) is 5.75 Å². The topological polar surface area (TPSA) is 9.23 Å². The summed E-state index contributed by atoms with van der Waals surface area (Å²) in [5.74, 6) is -1.48. The van der Waals surface area contributed by atoms with Crippen molar-refractivity contribution in [2.24, 2.45) is 0 Å². The van der Waals surface area contributed by atoms with E-state index in [1.165, 1.54) is 6.07 Å². The summed E-state index contributed by atoms with van der Waals surface area (Å²) in [6.45, 7) is 4.40. The van der Waals surface area contributed by atoms with Gasteiger partial charge in [-0.15, -0.1) is 0 Å². The van der Waals surface area contributed by atoms with Crippen molar-refractivity contribution in [3.8, 4) is 28.0 Å². The zero-order chi connectivity index (χ0) is 24.1. The van der Waals surface area contributed by atoms with Crippen LogP contribution in [0.25, 0.3) is 22.3 Å². The number of aryl methyl sites for hydroxylation is 3. The molecule has 4 rings (SSSR count). The van der Waals surface area contributed by atoms with Crippen LogP contribution in [-0.2, 0) is 19.3 Å². The maximum atomic E-state index is 15.0. The van der Waals surface area contributed by atoms with Crippen molar-refractivity contribution >= 4 is 0 Å². The molecule has 0 radical (unpaired) electrons. The Labute approximate surface area is 198 Å². The average Bonchev–Trinajstić information content (AvgIpc) is 2.86. The van der Waals surface area contributed by atoms with Crippen LogP contribution in [0.3, 0.4) is 0 Å². The molecule has 0 spiro atoms. The van der Waals surface area contributed by atoms with Gasteiger partial charge in [0.2, 0.25) is 0 Å². The number of rotatable bonds is 8. The quantitative estimate of drug-likeness (QED) is 0.258. The molecule has 0 saturated heterocycles. The number of benzene rings is 4. The Morgan fingerprint density at radius 2 is 1.18 bits per heavy atom. The van der Waals surface area contributed by atoms with Gasteiger partial charge in [-0.25, -0.2) is 13.2 Å². The van der Waals surface area contributed by atoms with E-state index in [2.05, 4.69) is 0 Å². The highest BCUT2D eigenvalue weighted by Gasteiger charge is 2.16. The summed E-state index contributed by atoms with van der Waals surface area (Å²) >= 11 is 0. The van der Waals surface area contributed by atoms with E-state index < -0.39 is 11.6 Å². The van der Waals surface area contributed by atoms with Crippen molar-refractivity contribution in [2.75, 3.05) is 6.61 Å². The van der Waals surface area contributed by atoms with E-state index >= 15 is 0 Å². The van der Waals surface area contributed by atoms with Gasteiger partial charge in [0, 0.05) is 17.2 Å². The fourth-order valence-electron chi connectivity index (χ4n) is 4.03. The lowest BCUT2D eigenvalue weighted by molar-refractivity contribution is 0.338. The summed E-state index contributed by atoms with van der Waals surface area (Å²) in [7, 11) is 0. The van der Waals surface area contributed by atoms with E-state index in [1.54, 1.807) is 36.4 Å². The second kappa shape index (κ2) is 10.6. The third-order valence-corrected chi connectivity index (χ3v) is 6.04. The van der Waals surface area contributed by atoms with Gasteiger partial charge in [-0.2, -0.15) is 0 Å². The summed E-state index contributed by atoms with van der Waals surface area (Å²) in [4.78, 5) is 0. The monoisotopic (exact) mass is 460 g/mol. The van der Waals surface area contributed by atoms with Crippen LogP contribution in [0, 0.1) is 17.5 Å². The standard InChI is InChI=1S/C30H27F3O/c1-3-20-5-10-22(11-6-20)26-17-18-27(30(33)29(26)32)23-12-7-21(8-13-23)9-14-24-15-16-25(34-4-2)19-28(24)31/h5-8,10-13,15-19H,3-4,9,14H2,1-2H3. The van der Waals surface area contributed by atoms with Crippen molar-refractivity contribution in [1.82, 2.24) is 0 Å². The molecule has 4 heteroatoms. The fraction of sp³-hybridized carbons (Fsp3) is 0.200. The second-order valence-electron chi connectivity index (χ2n) is 8.22. The minimum atomic E-state index is -0.860. The highest BCUT2D eigenvalue weighted by atomic mass is 19.2. The molecule has 0 bridgehead atoms. The van der Waals surface area contributed by atoms with Gasteiger partial charge in [-0.1, -0.05) is 73.7 Å². The maximum Gasteiger partial charge on any atom is 0.167 e. The van der Waals surface area contributed by atoms with Crippen molar-refractivity contribution in [1.29, 1.82) is 0 Å². The average molecular weight is 461 g/mol. The van der Waals surface area contributed by atoms with Crippen LogP contribution < -0.4 is 4.74 Å². The zero-order valence-electron chi connectivity index (χ0n) is 19.4. The summed E-state index contributed by atoms with van der Waals surface area (Å²) in [5.41, 5.74) is 4.46. The molecule has 1 nitrogen and oxygen atoms in total. The largest absolute Gasteiger partial charge is 0.494 e. The van der Waals surface area contributed by atoms with Crippen molar-refractivity contribution in [2.45, 2.75) is 33.1 Å². The predicted molar refractivity (Wildman–Crippen MR) is 132 cm³/mol. The van der Waals surface area contributed by atoms with Crippen molar-refractivity contribution in [3.05, 3.63) is 113 Å². The normalized spacial score (nSPS) is 11.0. The second-order valence-corrected chi connectivity index (χ2v) is 8.22. The number of hydrogen-bond donors (Lipinski definition) is 0. The molecule has 0 amide bonds. The smallest absolute Gasteiger partial charge is 0.167 e. The van der Waals surface area contributed by atoms with Crippen LogP contribution >= 0.6 is 0 Å². The van der Waals surface area contributed by atoms with Crippen LogP contribution in [0.1, 0.15) is 30.5 Å². The first-order valence-corrected chi connectivity index (χ1v) is 11.6.